The smallest absolute Gasteiger partial charge is 0.134 e. The molecule has 2 aromatic rings. The van der Waals surface area contributed by atoms with Crippen molar-refractivity contribution < 1.29 is 9.15 Å². The van der Waals surface area contributed by atoms with Crippen molar-refractivity contribution in [1.29, 1.82) is 0 Å². The molecule has 5 unspecified atom stereocenters. The second-order valence-electron chi connectivity index (χ2n) is 6.20. The van der Waals surface area contributed by atoms with Crippen LogP contribution in [0.15, 0.2) is 28.7 Å². The lowest BCUT2D eigenvalue weighted by Gasteiger charge is -2.23. The summed E-state index contributed by atoms with van der Waals surface area (Å²) in [5.41, 5.74) is 8.62. The van der Waals surface area contributed by atoms with Crippen molar-refractivity contribution in [2.45, 2.75) is 45.9 Å². The summed E-state index contributed by atoms with van der Waals surface area (Å²) >= 11 is 0. The highest BCUT2D eigenvalue weighted by Gasteiger charge is 2.41. The van der Waals surface area contributed by atoms with E-state index in [4.69, 9.17) is 14.9 Å². The Kier molecular flexibility index (Phi) is 3.35. The molecule has 0 amide bonds. The lowest BCUT2D eigenvalue weighted by Crippen LogP contribution is -2.30. The zero-order valence-electron chi connectivity index (χ0n) is 12.6. The van der Waals surface area contributed by atoms with Gasteiger partial charge in [0.05, 0.1) is 18.2 Å². The van der Waals surface area contributed by atoms with Crippen molar-refractivity contribution in [2.75, 3.05) is 0 Å². The molecule has 0 aliphatic carbocycles. The summed E-state index contributed by atoms with van der Waals surface area (Å²) in [5.74, 6) is 1.61. The summed E-state index contributed by atoms with van der Waals surface area (Å²) in [5, 5.41) is 1.13. The minimum atomic E-state index is -0.113. The molecule has 1 aliphatic rings. The van der Waals surface area contributed by atoms with Crippen LogP contribution < -0.4 is 5.73 Å². The highest BCUT2D eigenvalue weighted by molar-refractivity contribution is 5.78. The average molecular weight is 273 g/mol. The van der Waals surface area contributed by atoms with Crippen LogP contribution in [-0.4, -0.2) is 12.2 Å². The van der Waals surface area contributed by atoms with Crippen LogP contribution in [0, 0.1) is 18.8 Å². The van der Waals surface area contributed by atoms with Gasteiger partial charge >= 0.3 is 0 Å². The Bertz CT molecular complexity index is 618. The summed E-state index contributed by atoms with van der Waals surface area (Å²) in [6.07, 6.45) is 0.428. The lowest BCUT2D eigenvalue weighted by atomic mass is 9.83. The van der Waals surface area contributed by atoms with Crippen molar-refractivity contribution in [3.05, 3.63) is 35.6 Å². The van der Waals surface area contributed by atoms with E-state index in [1.54, 1.807) is 0 Å². The molecule has 1 fully saturated rings. The Hall–Kier alpha value is -1.32. The third-order valence-corrected chi connectivity index (χ3v) is 4.75. The van der Waals surface area contributed by atoms with Crippen LogP contribution in [0.25, 0.3) is 11.0 Å². The van der Waals surface area contributed by atoms with Gasteiger partial charge < -0.3 is 14.9 Å². The van der Waals surface area contributed by atoms with Crippen molar-refractivity contribution in [3.63, 3.8) is 0 Å². The fourth-order valence-electron chi connectivity index (χ4n) is 3.45. The minimum absolute atomic E-state index is 0.113. The summed E-state index contributed by atoms with van der Waals surface area (Å²) in [6, 6.07) is 8.18. The van der Waals surface area contributed by atoms with E-state index in [0.29, 0.717) is 11.8 Å². The van der Waals surface area contributed by atoms with Gasteiger partial charge in [-0.3, -0.25) is 0 Å². The number of nitrogens with two attached hydrogens (primary N) is 1. The highest BCUT2D eigenvalue weighted by Crippen LogP contribution is 2.40. The number of hydrogen-bond donors (Lipinski definition) is 1. The Morgan fingerprint density at radius 1 is 1.10 bits per heavy atom. The Morgan fingerprint density at radius 2 is 1.85 bits per heavy atom. The molecule has 2 N–H and O–H groups in total. The number of furan rings is 1. The molecule has 3 rings (SSSR count). The fourth-order valence-corrected chi connectivity index (χ4v) is 3.45. The summed E-state index contributed by atoms with van der Waals surface area (Å²) in [7, 11) is 0. The van der Waals surface area contributed by atoms with E-state index >= 15 is 0 Å². The molecule has 1 aliphatic heterocycles. The summed E-state index contributed by atoms with van der Waals surface area (Å²) in [4.78, 5) is 0. The number of ether oxygens (including phenoxy) is 1. The molecule has 2 heterocycles. The Balaban J connectivity index is 1.94. The van der Waals surface area contributed by atoms with Gasteiger partial charge in [-0.25, -0.2) is 0 Å². The molecule has 20 heavy (non-hydrogen) atoms. The molecule has 1 aromatic carbocycles. The van der Waals surface area contributed by atoms with Gasteiger partial charge in [0.1, 0.15) is 11.3 Å². The van der Waals surface area contributed by atoms with Crippen LogP contribution in [0.5, 0.6) is 0 Å². The van der Waals surface area contributed by atoms with Gasteiger partial charge in [0.2, 0.25) is 0 Å². The molecular formula is C17H23NO2. The van der Waals surface area contributed by atoms with E-state index in [9.17, 15) is 0 Å². The number of aryl methyl sites for hydroxylation is 1. The fraction of sp³-hybridized carbons (Fsp3) is 0.529. The van der Waals surface area contributed by atoms with Crippen LogP contribution in [0.3, 0.4) is 0 Å². The molecule has 108 valence electrons. The largest absolute Gasteiger partial charge is 0.459 e. The van der Waals surface area contributed by atoms with Crippen molar-refractivity contribution in [2.24, 2.45) is 17.6 Å². The topological polar surface area (TPSA) is 48.4 Å². The Morgan fingerprint density at radius 3 is 2.50 bits per heavy atom. The summed E-state index contributed by atoms with van der Waals surface area (Å²) < 4.78 is 11.8. The normalized spacial score (nSPS) is 31.9. The lowest BCUT2D eigenvalue weighted by molar-refractivity contribution is 0.0483. The minimum Gasteiger partial charge on any atom is -0.459 e. The second-order valence-corrected chi connectivity index (χ2v) is 6.20. The molecule has 5 atom stereocenters. The van der Waals surface area contributed by atoms with Gasteiger partial charge in [0.25, 0.3) is 0 Å². The standard InChI is InChI=1S/C17H23NO2/c1-9-5-6-14-13(7-9)8-15(20-14)17(18)16-10(2)11(3)19-12(16)4/h5-8,10-12,16-17H,18H2,1-4H3. The van der Waals surface area contributed by atoms with Gasteiger partial charge in [-0.15, -0.1) is 0 Å². The van der Waals surface area contributed by atoms with Crippen molar-refractivity contribution in [1.82, 2.24) is 0 Å². The predicted molar refractivity (Wildman–Crippen MR) is 80.5 cm³/mol. The monoisotopic (exact) mass is 273 g/mol. The Labute approximate surface area is 120 Å². The first kappa shape index (κ1) is 13.7. The van der Waals surface area contributed by atoms with Gasteiger partial charge in [-0.05, 0) is 44.9 Å². The number of rotatable bonds is 2. The van der Waals surface area contributed by atoms with Gasteiger partial charge in [0.15, 0.2) is 0 Å². The molecule has 3 nitrogen and oxygen atoms in total. The zero-order chi connectivity index (χ0) is 14.4. The van der Waals surface area contributed by atoms with Crippen LogP contribution in [0.2, 0.25) is 0 Å². The van der Waals surface area contributed by atoms with Crippen LogP contribution >= 0.6 is 0 Å². The maximum Gasteiger partial charge on any atom is 0.134 e. The molecule has 0 saturated carbocycles. The van der Waals surface area contributed by atoms with E-state index < -0.39 is 0 Å². The third-order valence-electron chi connectivity index (χ3n) is 4.75. The van der Waals surface area contributed by atoms with E-state index in [0.717, 1.165) is 16.7 Å². The van der Waals surface area contributed by atoms with E-state index in [1.807, 2.05) is 6.07 Å². The van der Waals surface area contributed by atoms with E-state index in [-0.39, 0.29) is 18.2 Å². The zero-order valence-corrected chi connectivity index (χ0v) is 12.6. The number of benzene rings is 1. The predicted octanol–water partition coefficient (Wildman–Crippen LogP) is 3.80. The first-order valence-electron chi connectivity index (χ1n) is 7.38. The number of fused-ring (bicyclic) bond motifs is 1. The van der Waals surface area contributed by atoms with E-state index in [2.05, 4.69) is 45.9 Å². The number of hydrogen-bond acceptors (Lipinski definition) is 3. The third kappa shape index (κ3) is 2.15. The summed E-state index contributed by atoms with van der Waals surface area (Å²) in [6.45, 7) is 8.53. The van der Waals surface area contributed by atoms with Gasteiger partial charge in [-0.1, -0.05) is 18.6 Å². The van der Waals surface area contributed by atoms with Crippen LogP contribution in [0.1, 0.15) is 38.1 Å². The molecular weight excluding hydrogens is 250 g/mol. The first-order chi connectivity index (χ1) is 9.47. The quantitative estimate of drug-likeness (QED) is 0.905. The molecule has 0 bridgehead atoms. The van der Waals surface area contributed by atoms with Crippen LogP contribution in [-0.2, 0) is 4.74 Å². The van der Waals surface area contributed by atoms with Gasteiger partial charge in [0, 0.05) is 11.3 Å². The highest BCUT2D eigenvalue weighted by atomic mass is 16.5. The average Bonchev–Trinajstić information content (AvgIpc) is 2.91. The van der Waals surface area contributed by atoms with E-state index in [1.165, 1.54) is 5.56 Å². The first-order valence-corrected chi connectivity index (χ1v) is 7.38. The van der Waals surface area contributed by atoms with Crippen molar-refractivity contribution in [3.8, 4) is 0 Å². The van der Waals surface area contributed by atoms with Crippen LogP contribution in [0.4, 0.5) is 0 Å². The maximum absolute atomic E-state index is 6.47. The molecule has 0 spiro atoms. The maximum atomic E-state index is 6.47. The molecule has 1 aromatic heterocycles. The second kappa shape index (κ2) is 4.90. The van der Waals surface area contributed by atoms with Crippen molar-refractivity contribution >= 4 is 11.0 Å². The molecule has 1 saturated heterocycles. The molecule has 0 radical (unpaired) electrons. The van der Waals surface area contributed by atoms with Gasteiger partial charge in [-0.2, -0.15) is 0 Å². The SMILES string of the molecule is Cc1ccc2oc(C(N)C3C(C)OC(C)C3C)cc2c1. The molecule has 3 heteroatoms.